The number of nitrogens with one attached hydrogen (secondary N) is 2. The van der Waals surface area contributed by atoms with E-state index >= 15 is 0 Å². The summed E-state index contributed by atoms with van der Waals surface area (Å²) in [4.78, 5) is 32.9. The van der Waals surface area contributed by atoms with Crippen LogP contribution in [0.4, 0.5) is 5.82 Å². The highest BCUT2D eigenvalue weighted by atomic mass is 16.5. The normalized spacial score (nSPS) is 23.0. The average Bonchev–Trinajstić information content (AvgIpc) is 3.57. The van der Waals surface area contributed by atoms with E-state index in [2.05, 4.69) is 15.3 Å². The van der Waals surface area contributed by atoms with E-state index < -0.39 is 11.6 Å². The monoisotopic (exact) mass is 412 g/mol. The Bertz CT molecular complexity index is 920. The molecule has 1 aliphatic heterocycles. The quantitative estimate of drug-likeness (QED) is 0.641. The summed E-state index contributed by atoms with van der Waals surface area (Å²) in [5, 5.41) is 14.0. The Kier molecular flexibility index (Phi) is 5.87. The highest BCUT2D eigenvalue weighted by Crippen LogP contribution is 2.32. The molecule has 1 saturated heterocycles. The Hall–Kier alpha value is -2.71. The molecule has 30 heavy (non-hydrogen) atoms. The van der Waals surface area contributed by atoms with Gasteiger partial charge in [-0.05, 0) is 63.3 Å². The number of hydrogen-bond donors (Lipinski definition) is 3. The lowest BCUT2D eigenvalue weighted by Crippen LogP contribution is -2.52. The summed E-state index contributed by atoms with van der Waals surface area (Å²) in [6.07, 6.45) is 6.96. The maximum Gasteiger partial charge on any atom is 0.247 e. The van der Waals surface area contributed by atoms with Gasteiger partial charge in [-0.15, -0.1) is 0 Å². The minimum atomic E-state index is -1.10. The van der Waals surface area contributed by atoms with E-state index in [1.807, 2.05) is 17.9 Å². The number of aromatic nitrogens is 2. The van der Waals surface area contributed by atoms with Crippen molar-refractivity contribution in [2.45, 2.75) is 44.2 Å². The molecule has 2 aliphatic rings. The Balaban J connectivity index is 1.35. The Labute approximate surface area is 175 Å². The second kappa shape index (κ2) is 8.57. The lowest BCUT2D eigenvalue weighted by molar-refractivity contribution is -0.124. The van der Waals surface area contributed by atoms with Crippen LogP contribution in [-0.4, -0.2) is 51.6 Å². The second-order valence-corrected chi connectivity index (χ2v) is 8.35. The first-order valence-electron chi connectivity index (χ1n) is 10.5. The maximum atomic E-state index is 12.8. The lowest BCUT2D eigenvalue weighted by Gasteiger charge is -2.41. The summed E-state index contributed by atoms with van der Waals surface area (Å²) in [6.45, 7) is 3.56. The maximum absolute atomic E-state index is 12.8. The van der Waals surface area contributed by atoms with Crippen LogP contribution in [0.3, 0.4) is 0 Å². The van der Waals surface area contributed by atoms with Crippen molar-refractivity contribution < 1.29 is 14.6 Å². The summed E-state index contributed by atoms with van der Waals surface area (Å²) in [7, 11) is 0. The minimum absolute atomic E-state index is 0.181. The number of carbonyl (C=O) groups is 1. The number of nitrogens with zero attached hydrogens (tertiary/aromatic N) is 2. The van der Waals surface area contributed by atoms with Crippen molar-refractivity contribution in [2.75, 3.05) is 25.0 Å². The summed E-state index contributed by atoms with van der Waals surface area (Å²) >= 11 is 0. The number of anilines is 1. The van der Waals surface area contributed by atoms with Crippen LogP contribution in [0.25, 0.3) is 0 Å². The van der Waals surface area contributed by atoms with Gasteiger partial charge in [-0.3, -0.25) is 14.5 Å². The van der Waals surface area contributed by atoms with E-state index in [1.54, 1.807) is 24.5 Å². The van der Waals surface area contributed by atoms with E-state index in [-0.39, 0.29) is 11.5 Å². The van der Waals surface area contributed by atoms with Crippen LogP contribution >= 0.6 is 0 Å². The van der Waals surface area contributed by atoms with Crippen LogP contribution in [0, 0.1) is 5.92 Å². The van der Waals surface area contributed by atoms with Gasteiger partial charge >= 0.3 is 0 Å². The third kappa shape index (κ3) is 4.88. The summed E-state index contributed by atoms with van der Waals surface area (Å²) in [5.74, 6) is 1.66. The molecule has 0 spiro atoms. The van der Waals surface area contributed by atoms with Crippen molar-refractivity contribution in [2.24, 2.45) is 5.92 Å². The van der Waals surface area contributed by atoms with Crippen molar-refractivity contribution in [1.82, 2.24) is 14.9 Å². The number of aromatic amines is 1. The Morgan fingerprint density at radius 2 is 2.23 bits per heavy atom. The second-order valence-electron chi connectivity index (χ2n) is 8.35. The van der Waals surface area contributed by atoms with Gasteiger partial charge in [0.15, 0.2) is 0 Å². The Morgan fingerprint density at radius 1 is 1.40 bits per heavy atom. The first kappa shape index (κ1) is 20.6. The zero-order valence-corrected chi connectivity index (χ0v) is 17.1. The standard InChI is InChI=1S/C22H28N4O4/c1-15(21(28)25-19-7-6-18(12-23-19)30-13-16-3-4-16)26-10-2-9-22(29,14-26)17-5-8-20(27)24-11-17/h5-8,11-12,15-16,29H,2-4,9-10,13-14H2,1H3,(H,24,27)(H,23,25,28)/t15-,22-/m0/s1. The molecule has 2 aromatic heterocycles. The van der Waals surface area contributed by atoms with E-state index in [1.165, 1.54) is 18.9 Å². The number of carbonyl (C=O) groups excluding carboxylic acids is 1. The zero-order chi connectivity index (χ0) is 21.1. The van der Waals surface area contributed by atoms with Crippen LogP contribution in [0.2, 0.25) is 0 Å². The molecular formula is C22H28N4O4. The highest BCUT2D eigenvalue weighted by Gasteiger charge is 2.38. The molecule has 1 amide bonds. The van der Waals surface area contributed by atoms with Gasteiger partial charge in [-0.1, -0.05) is 0 Å². The van der Waals surface area contributed by atoms with Gasteiger partial charge in [0.05, 0.1) is 18.8 Å². The number of aliphatic hydroxyl groups is 1. The van der Waals surface area contributed by atoms with Crippen LogP contribution in [0.15, 0.2) is 41.5 Å². The van der Waals surface area contributed by atoms with Gasteiger partial charge < -0.3 is 20.1 Å². The number of H-pyrrole nitrogens is 1. The van der Waals surface area contributed by atoms with E-state index in [9.17, 15) is 14.7 Å². The van der Waals surface area contributed by atoms with Crippen LogP contribution < -0.4 is 15.6 Å². The zero-order valence-electron chi connectivity index (χ0n) is 17.1. The molecule has 3 heterocycles. The van der Waals surface area contributed by atoms with Crippen molar-refractivity contribution >= 4 is 11.7 Å². The number of hydrogen-bond acceptors (Lipinski definition) is 6. The molecule has 8 heteroatoms. The molecule has 1 saturated carbocycles. The topological polar surface area (TPSA) is 108 Å². The Morgan fingerprint density at radius 3 is 2.90 bits per heavy atom. The van der Waals surface area contributed by atoms with Crippen LogP contribution in [0.1, 0.15) is 38.2 Å². The molecule has 1 aliphatic carbocycles. The summed E-state index contributed by atoms with van der Waals surface area (Å²) < 4.78 is 5.67. The average molecular weight is 412 g/mol. The molecule has 2 atom stereocenters. The molecule has 2 aromatic rings. The predicted molar refractivity (Wildman–Crippen MR) is 112 cm³/mol. The molecule has 0 unspecified atom stereocenters. The van der Waals surface area contributed by atoms with E-state index in [0.29, 0.717) is 42.6 Å². The van der Waals surface area contributed by atoms with Crippen LogP contribution in [-0.2, 0) is 10.4 Å². The third-order valence-electron chi connectivity index (χ3n) is 5.92. The molecule has 8 nitrogen and oxygen atoms in total. The summed E-state index contributed by atoms with van der Waals surface area (Å²) in [6, 6.07) is 6.16. The van der Waals surface area contributed by atoms with Crippen LogP contribution in [0.5, 0.6) is 5.75 Å². The van der Waals surface area contributed by atoms with Gasteiger partial charge in [0.2, 0.25) is 11.5 Å². The van der Waals surface area contributed by atoms with Crippen molar-refractivity contribution in [3.63, 3.8) is 0 Å². The number of piperidine rings is 1. The van der Waals surface area contributed by atoms with E-state index in [4.69, 9.17) is 4.74 Å². The number of pyridine rings is 2. The predicted octanol–water partition coefficient (Wildman–Crippen LogP) is 1.87. The molecule has 0 bridgehead atoms. The fraction of sp³-hybridized carbons (Fsp3) is 0.500. The number of likely N-dealkylation sites (tertiary alicyclic amines) is 1. The number of amides is 1. The highest BCUT2D eigenvalue weighted by molar-refractivity contribution is 5.93. The fourth-order valence-corrected chi connectivity index (χ4v) is 3.77. The van der Waals surface area contributed by atoms with Gasteiger partial charge in [-0.2, -0.15) is 0 Å². The smallest absolute Gasteiger partial charge is 0.247 e. The minimum Gasteiger partial charge on any atom is -0.492 e. The molecule has 2 fully saturated rings. The molecule has 160 valence electrons. The number of β-amino-alcohol motifs (C(OH)–C–C–N with tert-alkyl or cyclic N) is 1. The first-order valence-corrected chi connectivity index (χ1v) is 10.5. The molecule has 3 N–H and O–H groups in total. The molecule has 4 rings (SSSR count). The van der Waals surface area contributed by atoms with Gasteiger partial charge in [0.1, 0.15) is 17.2 Å². The van der Waals surface area contributed by atoms with Crippen molar-refractivity contribution in [3.05, 3.63) is 52.6 Å². The molecule has 0 radical (unpaired) electrons. The third-order valence-corrected chi connectivity index (χ3v) is 5.92. The molecular weight excluding hydrogens is 384 g/mol. The van der Waals surface area contributed by atoms with E-state index in [0.717, 1.165) is 13.0 Å². The van der Waals surface area contributed by atoms with Crippen molar-refractivity contribution in [1.29, 1.82) is 0 Å². The lowest BCUT2D eigenvalue weighted by atomic mass is 9.86. The van der Waals surface area contributed by atoms with Gasteiger partial charge in [-0.25, -0.2) is 4.98 Å². The number of rotatable bonds is 7. The summed E-state index contributed by atoms with van der Waals surface area (Å²) in [5.41, 5.74) is -0.655. The number of ether oxygens (including phenoxy) is 1. The van der Waals surface area contributed by atoms with Gasteiger partial charge in [0, 0.05) is 24.4 Å². The first-order chi connectivity index (χ1) is 14.4. The largest absolute Gasteiger partial charge is 0.492 e. The van der Waals surface area contributed by atoms with Gasteiger partial charge in [0.25, 0.3) is 0 Å². The molecule has 0 aromatic carbocycles. The fourth-order valence-electron chi connectivity index (χ4n) is 3.77. The van der Waals surface area contributed by atoms with Crippen molar-refractivity contribution in [3.8, 4) is 5.75 Å². The SMILES string of the molecule is C[C@@H](C(=O)Nc1ccc(OCC2CC2)cn1)N1CCC[C@@](O)(c2ccc(=O)[nH]c2)C1.